The molecule has 0 aliphatic carbocycles. The summed E-state index contributed by atoms with van der Waals surface area (Å²) >= 11 is 0. The fraction of sp³-hybridized carbons (Fsp3) is 0.111. The molecule has 3 aromatic rings. The molecule has 6 nitrogen and oxygen atoms in total. The van der Waals surface area contributed by atoms with Gasteiger partial charge in [0.25, 0.3) is 0 Å². The average molecular weight is 378 g/mol. The van der Waals surface area contributed by atoms with Gasteiger partial charge in [-0.1, -0.05) is 0 Å². The lowest BCUT2D eigenvalue weighted by molar-refractivity contribution is 0.0597. The summed E-state index contributed by atoms with van der Waals surface area (Å²) in [4.78, 5) is 16.1. The van der Waals surface area contributed by atoms with Crippen molar-refractivity contribution < 1.29 is 32.2 Å². The highest BCUT2D eigenvalue weighted by Crippen LogP contribution is 2.36. The number of ether oxygens (including phenoxy) is 3. The second-order valence-corrected chi connectivity index (χ2v) is 5.38. The van der Waals surface area contributed by atoms with Gasteiger partial charge < -0.3 is 19.9 Å². The van der Waals surface area contributed by atoms with Crippen molar-refractivity contribution in [2.24, 2.45) is 0 Å². The number of rotatable bonds is 4. The molecule has 0 atom stereocenters. The van der Waals surface area contributed by atoms with Crippen LogP contribution in [0, 0.1) is 17.5 Å². The number of benzene rings is 2. The van der Waals surface area contributed by atoms with E-state index in [9.17, 15) is 18.0 Å². The third-order valence-electron chi connectivity index (χ3n) is 3.78. The highest BCUT2D eigenvalue weighted by molar-refractivity contribution is 5.99. The van der Waals surface area contributed by atoms with E-state index in [1.165, 1.54) is 38.6 Å². The lowest BCUT2D eigenvalue weighted by Crippen LogP contribution is -2.05. The highest BCUT2D eigenvalue weighted by atomic mass is 19.2. The number of nitrogens with two attached hydrogens (primary N) is 1. The van der Waals surface area contributed by atoms with Gasteiger partial charge in [-0.15, -0.1) is 0 Å². The van der Waals surface area contributed by atoms with Crippen LogP contribution in [0.1, 0.15) is 10.4 Å². The molecule has 0 unspecified atom stereocenters. The van der Waals surface area contributed by atoms with Gasteiger partial charge in [0, 0.05) is 23.7 Å². The first-order chi connectivity index (χ1) is 12.9. The zero-order valence-corrected chi connectivity index (χ0v) is 14.2. The number of esters is 1. The lowest BCUT2D eigenvalue weighted by Gasteiger charge is -2.13. The summed E-state index contributed by atoms with van der Waals surface area (Å²) in [6, 6.07) is 4.69. The van der Waals surface area contributed by atoms with Gasteiger partial charge in [-0.2, -0.15) is 4.39 Å². The van der Waals surface area contributed by atoms with Gasteiger partial charge in [-0.05, 0) is 12.1 Å². The highest BCUT2D eigenvalue weighted by Gasteiger charge is 2.22. The first-order valence-corrected chi connectivity index (χ1v) is 7.53. The molecule has 0 bridgehead atoms. The van der Waals surface area contributed by atoms with Gasteiger partial charge >= 0.3 is 5.97 Å². The van der Waals surface area contributed by atoms with Gasteiger partial charge in [-0.25, -0.2) is 13.6 Å². The molecule has 2 aromatic carbocycles. The van der Waals surface area contributed by atoms with Crippen LogP contribution in [-0.4, -0.2) is 25.2 Å². The first-order valence-electron chi connectivity index (χ1n) is 7.53. The number of hydrogen-bond donors (Lipinski definition) is 1. The van der Waals surface area contributed by atoms with E-state index in [2.05, 4.69) is 9.72 Å². The molecule has 3 rings (SSSR count). The number of pyridine rings is 1. The number of hydrogen-bond acceptors (Lipinski definition) is 6. The topological polar surface area (TPSA) is 83.7 Å². The van der Waals surface area contributed by atoms with Crippen LogP contribution in [0.3, 0.4) is 0 Å². The summed E-state index contributed by atoms with van der Waals surface area (Å²) in [5, 5.41) is 0.231. The number of fused-ring (bicyclic) bond motifs is 1. The van der Waals surface area contributed by atoms with Crippen LogP contribution in [0.15, 0.2) is 30.5 Å². The Morgan fingerprint density at radius 1 is 1.07 bits per heavy atom. The number of nitrogens with zero attached hydrogens (tertiary/aromatic N) is 1. The number of methoxy groups -OCH3 is 2. The maximum absolute atomic E-state index is 14.1. The van der Waals surface area contributed by atoms with Crippen molar-refractivity contribution in [2.45, 2.75) is 0 Å². The summed E-state index contributed by atoms with van der Waals surface area (Å²) in [6.07, 6.45) is 1.32. The summed E-state index contributed by atoms with van der Waals surface area (Å²) < 4.78 is 56.8. The number of aromatic nitrogens is 1. The van der Waals surface area contributed by atoms with E-state index >= 15 is 0 Å². The minimum absolute atomic E-state index is 0.0507. The van der Waals surface area contributed by atoms with E-state index < -0.39 is 34.9 Å². The molecule has 0 radical (unpaired) electrons. The van der Waals surface area contributed by atoms with E-state index in [1.807, 2.05) is 0 Å². The number of halogens is 3. The number of carbonyl (C=O) groups is 1. The molecule has 27 heavy (non-hydrogen) atoms. The molecule has 0 amide bonds. The summed E-state index contributed by atoms with van der Waals surface area (Å²) in [5.41, 5.74) is 4.87. The van der Waals surface area contributed by atoms with Gasteiger partial charge in [0.1, 0.15) is 17.1 Å². The molecule has 9 heteroatoms. The molecule has 0 spiro atoms. The number of carbonyl (C=O) groups excluding carboxylic acids is 1. The molecule has 1 heterocycles. The van der Waals surface area contributed by atoms with E-state index in [4.69, 9.17) is 15.2 Å². The first kappa shape index (κ1) is 18.3. The van der Waals surface area contributed by atoms with Gasteiger partial charge in [0.15, 0.2) is 11.6 Å². The monoisotopic (exact) mass is 378 g/mol. The molecular formula is C18H13F3N2O4. The second-order valence-electron chi connectivity index (χ2n) is 5.38. The van der Waals surface area contributed by atoms with Crippen molar-refractivity contribution in [3.8, 4) is 17.2 Å². The van der Waals surface area contributed by atoms with Crippen molar-refractivity contribution in [2.75, 3.05) is 20.0 Å². The van der Waals surface area contributed by atoms with Crippen LogP contribution < -0.4 is 15.2 Å². The Hall–Kier alpha value is -3.49. The Morgan fingerprint density at radius 3 is 2.48 bits per heavy atom. The van der Waals surface area contributed by atoms with E-state index in [0.29, 0.717) is 11.6 Å². The largest absolute Gasteiger partial charge is 0.496 e. The van der Waals surface area contributed by atoms with Gasteiger partial charge in [0.2, 0.25) is 11.6 Å². The third-order valence-corrected chi connectivity index (χ3v) is 3.78. The fourth-order valence-corrected chi connectivity index (χ4v) is 2.48. The minimum atomic E-state index is -1.57. The Bertz CT molecular complexity index is 1060. The molecule has 0 saturated carbocycles. The third kappa shape index (κ3) is 3.19. The fourth-order valence-electron chi connectivity index (χ4n) is 2.48. The van der Waals surface area contributed by atoms with Crippen LogP contribution in [0.5, 0.6) is 17.2 Å². The normalized spacial score (nSPS) is 10.7. The standard InChI is InChI=1S/C18H13F3N2O4/c1-25-14-7-12-8(5-9(14)18(24)26-2)13(3-4-23-12)27-17-10(19)6-11(22)15(20)16(17)21/h3-7H,22H2,1-2H3. The predicted molar refractivity (Wildman–Crippen MR) is 90.4 cm³/mol. The molecule has 0 saturated heterocycles. The van der Waals surface area contributed by atoms with Crippen LogP contribution >= 0.6 is 0 Å². The van der Waals surface area contributed by atoms with Crippen LogP contribution in [0.2, 0.25) is 0 Å². The van der Waals surface area contributed by atoms with E-state index in [0.717, 1.165) is 0 Å². The summed E-state index contributed by atoms with van der Waals surface area (Å²) in [5.74, 6) is -5.72. The van der Waals surface area contributed by atoms with Gasteiger partial charge in [-0.3, -0.25) is 4.98 Å². The zero-order valence-electron chi connectivity index (χ0n) is 14.2. The summed E-state index contributed by atoms with van der Waals surface area (Å²) in [6.45, 7) is 0. The molecule has 0 aliphatic heterocycles. The molecule has 0 aliphatic rings. The Labute approximate surface area is 151 Å². The quantitative estimate of drug-likeness (QED) is 0.422. The number of anilines is 1. The van der Waals surface area contributed by atoms with Crippen molar-refractivity contribution in [3.63, 3.8) is 0 Å². The van der Waals surface area contributed by atoms with Crippen LogP contribution in [0.25, 0.3) is 10.9 Å². The molecule has 2 N–H and O–H groups in total. The maximum Gasteiger partial charge on any atom is 0.341 e. The lowest BCUT2D eigenvalue weighted by atomic mass is 10.1. The van der Waals surface area contributed by atoms with Crippen LogP contribution in [0.4, 0.5) is 18.9 Å². The maximum atomic E-state index is 14.1. The van der Waals surface area contributed by atoms with Crippen molar-refractivity contribution in [1.29, 1.82) is 0 Å². The smallest absolute Gasteiger partial charge is 0.341 e. The average Bonchev–Trinajstić information content (AvgIpc) is 2.67. The van der Waals surface area contributed by atoms with E-state index in [1.54, 1.807) is 0 Å². The SMILES string of the molecule is COC(=O)c1cc2c(Oc3c(F)cc(N)c(F)c3F)ccnc2cc1OC. The Morgan fingerprint density at radius 2 is 1.81 bits per heavy atom. The van der Waals surface area contributed by atoms with E-state index in [-0.39, 0.29) is 22.4 Å². The predicted octanol–water partition coefficient (Wildman–Crippen LogP) is 3.82. The van der Waals surface area contributed by atoms with Crippen molar-refractivity contribution in [3.05, 3.63) is 53.5 Å². The van der Waals surface area contributed by atoms with Crippen LogP contribution in [-0.2, 0) is 4.74 Å². The Balaban J connectivity index is 2.19. The van der Waals surface area contributed by atoms with Crippen molar-refractivity contribution in [1.82, 2.24) is 4.98 Å². The summed E-state index contributed by atoms with van der Waals surface area (Å²) in [7, 11) is 2.55. The van der Waals surface area contributed by atoms with Gasteiger partial charge in [0.05, 0.1) is 25.4 Å². The second kappa shape index (κ2) is 7.02. The van der Waals surface area contributed by atoms with Crippen molar-refractivity contribution >= 4 is 22.6 Å². The molecule has 140 valence electrons. The molecular weight excluding hydrogens is 365 g/mol. The zero-order chi connectivity index (χ0) is 19.7. The number of nitrogen functional groups attached to an aromatic ring is 1. The molecule has 1 aromatic heterocycles. The Kier molecular flexibility index (Phi) is 4.76. The minimum Gasteiger partial charge on any atom is -0.496 e. The molecule has 0 fully saturated rings.